The van der Waals surface area contributed by atoms with Crippen LogP contribution in [0.2, 0.25) is 0 Å². The first-order valence-electron chi connectivity index (χ1n) is 5.90. The first kappa shape index (κ1) is 13.2. The Hall–Kier alpha value is -0.840. The smallest absolute Gasteiger partial charge is 0.0698 e. The molecule has 0 aliphatic carbocycles. The van der Waals surface area contributed by atoms with Gasteiger partial charge in [-0.1, -0.05) is 6.92 Å². The molecular formula is C12H22N2O2. The molecule has 1 heterocycles. The highest BCUT2D eigenvalue weighted by atomic mass is 16.5. The number of aromatic nitrogens is 1. The number of ether oxygens (including phenoxy) is 1. The van der Waals surface area contributed by atoms with E-state index in [1.807, 2.05) is 0 Å². The number of nitrogens with one attached hydrogen (secondary N) is 1. The molecule has 4 heteroatoms. The highest BCUT2D eigenvalue weighted by Crippen LogP contribution is 2.00. The van der Waals surface area contributed by atoms with Crippen LogP contribution >= 0.6 is 0 Å². The van der Waals surface area contributed by atoms with Crippen molar-refractivity contribution in [3.8, 4) is 0 Å². The van der Waals surface area contributed by atoms with Gasteiger partial charge in [-0.2, -0.15) is 0 Å². The summed E-state index contributed by atoms with van der Waals surface area (Å²) in [6, 6.07) is 2.12. The third-order valence-corrected chi connectivity index (χ3v) is 2.30. The van der Waals surface area contributed by atoms with Crippen LogP contribution in [0.4, 0.5) is 0 Å². The van der Waals surface area contributed by atoms with Gasteiger partial charge < -0.3 is 19.7 Å². The van der Waals surface area contributed by atoms with Crippen LogP contribution < -0.4 is 5.32 Å². The fourth-order valence-corrected chi connectivity index (χ4v) is 1.48. The Bertz CT molecular complexity index is 274. The normalized spacial score (nSPS) is 10.9. The van der Waals surface area contributed by atoms with Crippen molar-refractivity contribution in [2.24, 2.45) is 0 Å². The van der Waals surface area contributed by atoms with Gasteiger partial charge in [0, 0.05) is 25.5 Å². The Balaban J connectivity index is 2.17. The molecule has 1 aromatic rings. The molecule has 0 fully saturated rings. The summed E-state index contributed by atoms with van der Waals surface area (Å²) in [7, 11) is 0. The minimum absolute atomic E-state index is 0.0951. The number of aliphatic hydroxyl groups excluding tert-OH is 1. The summed E-state index contributed by atoms with van der Waals surface area (Å²) in [5.74, 6) is 0. The van der Waals surface area contributed by atoms with Crippen molar-refractivity contribution in [3.63, 3.8) is 0 Å². The third-order valence-electron chi connectivity index (χ3n) is 2.30. The molecule has 16 heavy (non-hydrogen) atoms. The zero-order chi connectivity index (χ0) is 11.6. The van der Waals surface area contributed by atoms with E-state index in [2.05, 4.69) is 35.3 Å². The van der Waals surface area contributed by atoms with Crippen LogP contribution in [-0.4, -0.2) is 36.0 Å². The number of aliphatic hydroxyl groups is 1. The molecule has 1 aromatic heterocycles. The van der Waals surface area contributed by atoms with Crippen molar-refractivity contribution < 1.29 is 9.84 Å². The van der Waals surface area contributed by atoms with E-state index < -0.39 is 0 Å². The summed E-state index contributed by atoms with van der Waals surface area (Å²) in [5.41, 5.74) is 1.30. The van der Waals surface area contributed by atoms with E-state index in [1.54, 1.807) is 0 Å². The first-order chi connectivity index (χ1) is 7.86. The highest BCUT2D eigenvalue weighted by molar-refractivity contribution is 5.09. The van der Waals surface area contributed by atoms with Crippen LogP contribution in [0.15, 0.2) is 18.5 Å². The standard InChI is InChI=1S/C12H22N2O2/c1-2-4-13-10-12-3-5-14(11-12)6-8-16-9-7-15/h3,5,11,13,15H,2,4,6-10H2,1H3. The molecule has 1 rings (SSSR count). The molecule has 0 amide bonds. The molecule has 2 N–H and O–H groups in total. The zero-order valence-electron chi connectivity index (χ0n) is 9.98. The van der Waals surface area contributed by atoms with Gasteiger partial charge in [-0.3, -0.25) is 0 Å². The van der Waals surface area contributed by atoms with Crippen molar-refractivity contribution in [1.29, 1.82) is 0 Å². The lowest BCUT2D eigenvalue weighted by Gasteiger charge is -2.03. The molecule has 0 atom stereocenters. The highest BCUT2D eigenvalue weighted by Gasteiger charge is 1.96. The third kappa shape index (κ3) is 5.30. The average molecular weight is 226 g/mol. The van der Waals surface area contributed by atoms with E-state index in [1.165, 1.54) is 5.56 Å². The quantitative estimate of drug-likeness (QED) is 0.617. The number of hydrogen-bond donors (Lipinski definition) is 2. The van der Waals surface area contributed by atoms with Crippen LogP contribution in [0, 0.1) is 0 Å². The van der Waals surface area contributed by atoms with Gasteiger partial charge in [0.15, 0.2) is 0 Å². The van der Waals surface area contributed by atoms with Crippen molar-refractivity contribution in [3.05, 3.63) is 24.0 Å². The van der Waals surface area contributed by atoms with Crippen LogP contribution in [0.1, 0.15) is 18.9 Å². The number of rotatable bonds is 9. The summed E-state index contributed by atoms with van der Waals surface area (Å²) < 4.78 is 7.32. The van der Waals surface area contributed by atoms with Gasteiger partial charge in [-0.05, 0) is 24.6 Å². The van der Waals surface area contributed by atoms with Crippen LogP contribution in [0.5, 0.6) is 0 Å². The number of nitrogens with zero attached hydrogens (tertiary/aromatic N) is 1. The number of hydrogen-bond acceptors (Lipinski definition) is 3. The zero-order valence-corrected chi connectivity index (χ0v) is 9.98. The topological polar surface area (TPSA) is 46.4 Å². The fourth-order valence-electron chi connectivity index (χ4n) is 1.48. The maximum atomic E-state index is 8.55. The van der Waals surface area contributed by atoms with Gasteiger partial charge in [0.25, 0.3) is 0 Å². The van der Waals surface area contributed by atoms with Gasteiger partial charge in [0.1, 0.15) is 0 Å². The molecule has 0 saturated carbocycles. The van der Waals surface area contributed by atoms with Gasteiger partial charge >= 0.3 is 0 Å². The van der Waals surface area contributed by atoms with Crippen LogP contribution in [-0.2, 0) is 17.8 Å². The van der Waals surface area contributed by atoms with Crippen molar-refractivity contribution in [2.45, 2.75) is 26.4 Å². The van der Waals surface area contributed by atoms with Crippen molar-refractivity contribution >= 4 is 0 Å². The minimum Gasteiger partial charge on any atom is -0.394 e. The first-order valence-corrected chi connectivity index (χ1v) is 5.90. The maximum Gasteiger partial charge on any atom is 0.0698 e. The van der Waals surface area contributed by atoms with Crippen LogP contribution in [0.3, 0.4) is 0 Å². The van der Waals surface area contributed by atoms with Gasteiger partial charge in [-0.15, -0.1) is 0 Å². The Morgan fingerprint density at radius 2 is 2.31 bits per heavy atom. The monoisotopic (exact) mass is 226 g/mol. The van der Waals surface area contributed by atoms with E-state index in [9.17, 15) is 0 Å². The predicted octanol–water partition coefficient (Wildman–Crippen LogP) is 0.997. The maximum absolute atomic E-state index is 8.55. The predicted molar refractivity (Wildman–Crippen MR) is 64.3 cm³/mol. The van der Waals surface area contributed by atoms with Gasteiger partial charge in [-0.25, -0.2) is 0 Å². The van der Waals surface area contributed by atoms with Crippen molar-refractivity contribution in [2.75, 3.05) is 26.4 Å². The Labute approximate surface area is 97.2 Å². The summed E-state index contributed by atoms with van der Waals surface area (Å²) in [4.78, 5) is 0. The Morgan fingerprint density at radius 3 is 3.06 bits per heavy atom. The van der Waals surface area contributed by atoms with Gasteiger partial charge in [0.2, 0.25) is 0 Å². The second kappa shape index (κ2) is 8.33. The Kier molecular flexibility index (Phi) is 6.88. The fraction of sp³-hybridized carbons (Fsp3) is 0.667. The van der Waals surface area contributed by atoms with Crippen molar-refractivity contribution in [1.82, 2.24) is 9.88 Å². The largest absolute Gasteiger partial charge is 0.394 e. The van der Waals surface area contributed by atoms with E-state index in [-0.39, 0.29) is 6.61 Å². The van der Waals surface area contributed by atoms with Gasteiger partial charge in [0.05, 0.1) is 19.8 Å². The van der Waals surface area contributed by atoms with Crippen LogP contribution in [0.25, 0.3) is 0 Å². The minimum atomic E-state index is 0.0951. The molecule has 0 saturated heterocycles. The molecule has 92 valence electrons. The van der Waals surface area contributed by atoms with E-state index in [0.717, 1.165) is 26.1 Å². The van der Waals surface area contributed by atoms with E-state index in [4.69, 9.17) is 9.84 Å². The lowest BCUT2D eigenvalue weighted by atomic mass is 10.3. The second-order valence-corrected chi connectivity index (χ2v) is 3.77. The molecule has 0 aliphatic rings. The summed E-state index contributed by atoms with van der Waals surface area (Å²) >= 11 is 0. The summed E-state index contributed by atoms with van der Waals surface area (Å²) in [5, 5.41) is 11.9. The molecule has 0 unspecified atom stereocenters. The molecule has 0 spiro atoms. The molecule has 0 bridgehead atoms. The molecule has 0 radical (unpaired) electrons. The summed E-state index contributed by atoms with van der Waals surface area (Å²) in [6.45, 7) is 6.16. The lowest BCUT2D eigenvalue weighted by Crippen LogP contribution is -2.13. The molecular weight excluding hydrogens is 204 g/mol. The molecule has 4 nitrogen and oxygen atoms in total. The second-order valence-electron chi connectivity index (χ2n) is 3.77. The SMILES string of the molecule is CCCNCc1ccn(CCOCCO)c1. The molecule has 0 aromatic carbocycles. The van der Waals surface area contributed by atoms with E-state index in [0.29, 0.717) is 13.2 Å². The summed E-state index contributed by atoms with van der Waals surface area (Å²) in [6.07, 6.45) is 5.35. The van der Waals surface area contributed by atoms with E-state index >= 15 is 0 Å². The Morgan fingerprint density at radius 1 is 1.44 bits per heavy atom. The average Bonchev–Trinajstić information content (AvgIpc) is 2.73. The molecule has 0 aliphatic heterocycles. The lowest BCUT2D eigenvalue weighted by molar-refractivity contribution is 0.0870.